The van der Waals surface area contributed by atoms with Gasteiger partial charge in [-0.2, -0.15) is 0 Å². The van der Waals surface area contributed by atoms with E-state index in [9.17, 15) is 9.18 Å². The molecule has 1 amide bonds. The molecule has 4 nitrogen and oxygen atoms in total. The molecule has 3 rings (SSSR count). The summed E-state index contributed by atoms with van der Waals surface area (Å²) in [7, 11) is 1.50. The van der Waals surface area contributed by atoms with Gasteiger partial charge in [0, 0.05) is 34.7 Å². The highest BCUT2D eigenvalue weighted by Gasteiger charge is 2.18. The lowest BCUT2D eigenvalue weighted by atomic mass is 9.91. The summed E-state index contributed by atoms with van der Waals surface area (Å²) in [4.78, 5) is 17.5. The van der Waals surface area contributed by atoms with Crippen molar-refractivity contribution in [3.05, 3.63) is 70.7 Å². The lowest BCUT2D eigenvalue weighted by molar-refractivity contribution is 0.0952. The van der Waals surface area contributed by atoms with Gasteiger partial charge >= 0.3 is 0 Å². The predicted molar refractivity (Wildman–Crippen MR) is 109 cm³/mol. The first-order valence-electron chi connectivity index (χ1n) is 9.22. The van der Waals surface area contributed by atoms with E-state index < -0.39 is 5.82 Å². The van der Waals surface area contributed by atoms with Crippen LogP contribution in [0.1, 0.15) is 48.0 Å². The summed E-state index contributed by atoms with van der Waals surface area (Å²) in [5, 5.41) is 3.71. The average molecular weight is 380 g/mol. The molecule has 5 heteroatoms. The van der Waals surface area contributed by atoms with E-state index in [1.165, 1.54) is 13.2 Å². The number of ether oxygens (including phenoxy) is 1. The number of carbonyl (C=O) groups is 1. The maximum Gasteiger partial charge on any atom is 0.253 e. The number of hydrogen-bond donors (Lipinski definition) is 1. The molecule has 28 heavy (non-hydrogen) atoms. The summed E-state index contributed by atoms with van der Waals surface area (Å²) < 4.78 is 19.4. The molecule has 0 bridgehead atoms. The van der Waals surface area contributed by atoms with E-state index in [1.54, 1.807) is 12.1 Å². The van der Waals surface area contributed by atoms with E-state index in [1.807, 2.05) is 31.2 Å². The quantitative estimate of drug-likeness (QED) is 0.699. The molecule has 1 heterocycles. The Labute approximate surface area is 164 Å². The minimum absolute atomic E-state index is 0.0881. The number of hydrogen-bond acceptors (Lipinski definition) is 3. The first-order valence-corrected chi connectivity index (χ1v) is 9.22. The highest BCUT2D eigenvalue weighted by Crippen LogP contribution is 2.25. The summed E-state index contributed by atoms with van der Waals surface area (Å²) in [6.07, 6.45) is 0. The SMILES string of the molecule is COc1cc(F)c(CNC(=O)c2cccc3ccc(C(C)(C)C)nc23)cc1C. The molecule has 0 aliphatic carbocycles. The second kappa shape index (κ2) is 7.58. The number of methoxy groups -OCH3 is 1. The summed E-state index contributed by atoms with van der Waals surface area (Å²) in [6, 6.07) is 12.5. The van der Waals surface area contributed by atoms with Crippen LogP contribution in [-0.2, 0) is 12.0 Å². The number of para-hydroxylation sites is 1. The highest BCUT2D eigenvalue weighted by molar-refractivity contribution is 6.05. The Morgan fingerprint density at radius 3 is 2.61 bits per heavy atom. The Kier molecular flexibility index (Phi) is 5.36. The summed E-state index contributed by atoms with van der Waals surface area (Å²) in [5.74, 6) is -0.202. The number of halogens is 1. The normalized spacial score (nSPS) is 11.5. The van der Waals surface area contributed by atoms with Crippen LogP contribution >= 0.6 is 0 Å². The second-order valence-corrected chi connectivity index (χ2v) is 7.92. The summed E-state index contributed by atoms with van der Waals surface area (Å²) >= 11 is 0. The third kappa shape index (κ3) is 3.98. The molecule has 0 aliphatic rings. The Hall–Kier alpha value is -2.95. The van der Waals surface area contributed by atoms with Gasteiger partial charge in [0.15, 0.2) is 0 Å². The number of fused-ring (bicyclic) bond motifs is 1. The number of benzene rings is 2. The van der Waals surface area contributed by atoms with Gasteiger partial charge in [0.25, 0.3) is 5.91 Å². The average Bonchev–Trinajstić information content (AvgIpc) is 2.66. The molecule has 0 aliphatic heterocycles. The van der Waals surface area contributed by atoms with Crippen LogP contribution in [0.3, 0.4) is 0 Å². The standard InChI is InChI=1S/C23H25FN2O2/c1-14-11-16(18(24)12-19(14)28-5)13-25-22(27)17-8-6-7-15-9-10-20(23(2,3)4)26-21(15)17/h6-12H,13H2,1-5H3,(H,25,27). The number of aromatic nitrogens is 1. The lowest BCUT2D eigenvalue weighted by Crippen LogP contribution is -2.24. The molecule has 0 fully saturated rings. The second-order valence-electron chi connectivity index (χ2n) is 7.92. The zero-order valence-corrected chi connectivity index (χ0v) is 16.9. The maximum atomic E-state index is 14.3. The molecule has 0 unspecified atom stereocenters. The van der Waals surface area contributed by atoms with E-state index in [4.69, 9.17) is 9.72 Å². The van der Waals surface area contributed by atoms with Crippen LogP contribution in [0.4, 0.5) is 4.39 Å². The van der Waals surface area contributed by atoms with Gasteiger partial charge in [0.2, 0.25) is 0 Å². The zero-order valence-electron chi connectivity index (χ0n) is 16.9. The first-order chi connectivity index (χ1) is 13.2. The van der Waals surface area contributed by atoms with Crippen LogP contribution in [0.5, 0.6) is 5.75 Å². The number of pyridine rings is 1. The molecular formula is C23H25FN2O2. The molecule has 1 N–H and O–H groups in total. The fraction of sp³-hybridized carbons (Fsp3) is 0.304. The molecular weight excluding hydrogens is 355 g/mol. The van der Waals surface area contributed by atoms with Crippen molar-refractivity contribution >= 4 is 16.8 Å². The monoisotopic (exact) mass is 380 g/mol. The molecule has 0 spiro atoms. The molecule has 146 valence electrons. The first kappa shape index (κ1) is 19.8. The van der Waals surface area contributed by atoms with Crippen LogP contribution in [-0.4, -0.2) is 18.0 Å². The Bertz CT molecular complexity index is 1040. The smallest absolute Gasteiger partial charge is 0.253 e. The number of nitrogens with zero attached hydrogens (tertiary/aromatic N) is 1. The van der Waals surface area contributed by atoms with Gasteiger partial charge in [-0.05, 0) is 30.7 Å². The van der Waals surface area contributed by atoms with Crippen LogP contribution in [0.25, 0.3) is 10.9 Å². The maximum absolute atomic E-state index is 14.3. The van der Waals surface area contributed by atoms with Crippen molar-refractivity contribution in [3.63, 3.8) is 0 Å². The van der Waals surface area contributed by atoms with Crippen molar-refractivity contribution in [2.75, 3.05) is 7.11 Å². The number of rotatable bonds is 4. The predicted octanol–water partition coefficient (Wildman–Crippen LogP) is 4.92. The van der Waals surface area contributed by atoms with Crippen LogP contribution in [0.2, 0.25) is 0 Å². The third-order valence-corrected chi connectivity index (χ3v) is 4.74. The zero-order chi connectivity index (χ0) is 20.5. The minimum Gasteiger partial charge on any atom is -0.496 e. The van der Waals surface area contributed by atoms with Crippen molar-refractivity contribution in [1.82, 2.24) is 10.3 Å². The van der Waals surface area contributed by atoms with Gasteiger partial charge in [0.05, 0.1) is 18.2 Å². The Morgan fingerprint density at radius 1 is 1.18 bits per heavy atom. The number of amides is 1. The van der Waals surface area contributed by atoms with Gasteiger partial charge in [-0.3, -0.25) is 9.78 Å². The van der Waals surface area contributed by atoms with Gasteiger partial charge in [-0.25, -0.2) is 4.39 Å². The third-order valence-electron chi connectivity index (χ3n) is 4.74. The lowest BCUT2D eigenvalue weighted by Gasteiger charge is -2.18. The van der Waals surface area contributed by atoms with Crippen LogP contribution in [0.15, 0.2) is 42.5 Å². The van der Waals surface area contributed by atoms with Crippen molar-refractivity contribution in [2.24, 2.45) is 0 Å². The Balaban J connectivity index is 1.89. The minimum atomic E-state index is -0.409. The van der Waals surface area contributed by atoms with Crippen molar-refractivity contribution < 1.29 is 13.9 Å². The van der Waals surface area contributed by atoms with Gasteiger partial charge < -0.3 is 10.1 Å². The van der Waals surface area contributed by atoms with Gasteiger partial charge in [0.1, 0.15) is 11.6 Å². The summed E-state index contributed by atoms with van der Waals surface area (Å²) in [6.45, 7) is 8.17. The molecule has 0 atom stereocenters. The van der Waals surface area contributed by atoms with Crippen molar-refractivity contribution in [2.45, 2.75) is 39.7 Å². The number of carbonyl (C=O) groups excluding carboxylic acids is 1. The fourth-order valence-corrected chi connectivity index (χ4v) is 3.10. The van der Waals surface area contributed by atoms with Crippen LogP contribution in [0, 0.1) is 12.7 Å². The van der Waals surface area contributed by atoms with Gasteiger partial charge in [-0.1, -0.05) is 39.0 Å². The van der Waals surface area contributed by atoms with Crippen LogP contribution < -0.4 is 10.1 Å². The topological polar surface area (TPSA) is 51.2 Å². The molecule has 0 radical (unpaired) electrons. The number of nitrogens with one attached hydrogen (secondary N) is 1. The van der Waals surface area contributed by atoms with Gasteiger partial charge in [-0.15, -0.1) is 0 Å². The Morgan fingerprint density at radius 2 is 1.93 bits per heavy atom. The molecule has 1 aromatic heterocycles. The van der Waals surface area contributed by atoms with E-state index in [0.29, 0.717) is 22.4 Å². The van der Waals surface area contributed by atoms with Crippen molar-refractivity contribution in [1.29, 1.82) is 0 Å². The van der Waals surface area contributed by atoms with E-state index in [-0.39, 0.29) is 17.9 Å². The largest absolute Gasteiger partial charge is 0.496 e. The molecule has 2 aromatic carbocycles. The van der Waals surface area contributed by atoms with Crippen molar-refractivity contribution in [3.8, 4) is 5.75 Å². The van der Waals surface area contributed by atoms with E-state index in [2.05, 4.69) is 26.1 Å². The van der Waals surface area contributed by atoms with E-state index in [0.717, 1.165) is 16.6 Å². The number of aryl methyl sites for hydroxylation is 1. The van der Waals surface area contributed by atoms with E-state index >= 15 is 0 Å². The fourth-order valence-electron chi connectivity index (χ4n) is 3.10. The molecule has 0 saturated carbocycles. The summed E-state index contributed by atoms with van der Waals surface area (Å²) in [5.41, 5.74) is 3.15. The molecule has 3 aromatic rings. The molecule has 0 saturated heterocycles. The highest BCUT2D eigenvalue weighted by atomic mass is 19.1.